The first-order chi connectivity index (χ1) is 12.0. The summed E-state index contributed by atoms with van der Waals surface area (Å²) in [5, 5.41) is 0. The second-order valence-electron chi connectivity index (χ2n) is 9.49. The summed E-state index contributed by atoms with van der Waals surface area (Å²) < 4.78 is 12.9. The molecule has 0 aromatic heterocycles. The first-order valence-electron chi connectivity index (χ1n) is 11.6. The van der Waals surface area contributed by atoms with Crippen molar-refractivity contribution in [1.29, 1.82) is 0 Å². The van der Waals surface area contributed by atoms with E-state index >= 15 is 0 Å². The summed E-state index contributed by atoms with van der Waals surface area (Å²) in [6.45, 7) is 14.4. The molecule has 150 valence electrons. The van der Waals surface area contributed by atoms with Crippen molar-refractivity contribution in [2.24, 2.45) is 17.8 Å². The Bertz CT molecular complexity index is 306. The van der Waals surface area contributed by atoms with Crippen LogP contribution in [0, 0.1) is 17.8 Å². The van der Waals surface area contributed by atoms with Gasteiger partial charge >= 0.3 is 164 Å². The van der Waals surface area contributed by atoms with Gasteiger partial charge in [-0.25, -0.2) is 0 Å². The third kappa shape index (κ3) is 8.54. The van der Waals surface area contributed by atoms with Crippen LogP contribution in [0.25, 0.3) is 0 Å². The molecule has 0 amide bonds. The van der Waals surface area contributed by atoms with Crippen LogP contribution in [0.2, 0.25) is 13.3 Å². The molecule has 1 fully saturated rings. The number of hydrogen-bond donors (Lipinski definition) is 0. The molecule has 0 unspecified atom stereocenters. The molecule has 0 aliphatic heterocycles. The van der Waals surface area contributed by atoms with E-state index in [1.807, 2.05) is 0 Å². The summed E-state index contributed by atoms with van der Waals surface area (Å²) in [5.74, 6) is 2.46. The number of unbranched alkanes of at least 4 members (excludes halogenated alkanes) is 3. The Morgan fingerprint density at radius 1 is 0.880 bits per heavy atom. The van der Waals surface area contributed by atoms with E-state index in [2.05, 4.69) is 41.5 Å². The Morgan fingerprint density at radius 2 is 1.40 bits per heavy atom. The van der Waals surface area contributed by atoms with Gasteiger partial charge in [-0.05, 0) is 0 Å². The van der Waals surface area contributed by atoms with Crippen LogP contribution in [0.5, 0.6) is 0 Å². The summed E-state index contributed by atoms with van der Waals surface area (Å²) in [4.78, 5) is 0. The van der Waals surface area contributed by atoms with E-state index in [0.29, 0.717) is 6.10 Å². The second-order valence-corrected chi connectivity index (χ2v) is 23.2. The monoisotopic (exact) mass is 460 g/mol. The Balaban J connectivity index is 2.78. The van der Waals surface area contributed by atoms with Crippen molar-refractivity contribution in [2.45, 2.75) is 119 Å². The second kappa shape index (κ2) is 13.0. The molecule has 1 rings (SSSR count). The first-order valence-corrected chi connectivity index (χ1v) is 19.7. The molecule has 0 radical (unpaired) electrons. The third-order valence-corrected chi connectivity index (χ3v) is 21.1. The van der Waals surface area contributed by atoms with Gasteiger partial charge in [0, 0.05) is 0 Å². The van der Waals surface area contributed by atoms with Crippen molar-refractivity contribution < 1.29 is 4.74 Å². The van der Waals surface area contributed by atoms with E-state index in [4.69, 9.17) is 4.74 Å². The van der Waals surface area contributed by atoms with Gasteiger partial charge in [0.25, 0.3) is 0 Å². The minimum atomic E-state index is -2.12. The Morgan fingerprint density at radius 3 is 1.84 bits per heavy atom. The molecule has 0 bridgehead atoms. The molecule has 1 aliphatic rings. The van der Waals surface area contributed by atoms with Gasteiger partial charge in [0.1, 0.15) is 0 Å². The average molecular weight is 459 g/mol. The molecule has 0 saturated heterocycles. The molecule has 0 heterocycles. The van der Waals surface area contributed by atoms with Gasteiger partial charge in [-0.3, -0.25) is 0 Å². The van der Waals surface area contributed by atoms with Crippen molar-refractivity contribution in [3.05, 3.63) is 0 Å². The van der Waals surface area contributed by atoms with Gasteiger partial charge in [0.15, 0.2) is 0 Å². The van der Waals surface area contributed by atoms with Crippen molar-refractivity contribution in [3.63, 3.8) is 0 Å². The fraction of sp³-hybridized carbons (Fsp3) is 1.00. The molecule has 1 aliphatic carbocycles. The molecular formula is C23H48OSn. The zero-order chi connectivity index (χ0) is 18.7. The molecule has 1 nitrogen and oxygen atoms in total. The van der Waals surface area contributed by atoms with Crippen LogP contribution in [0.1, 0.15) is 99.3 Å². The fourth-order valence-electron chi connectivity index (χ4n) is 4.84. The van der Waals surface area contributed by atoms with Gasteiger partial charge in [0.2, 0.25) is 0 Å². The van der Waals surface area contributed by atoms with Gasteiger partial charge in [-0.2, -0.15) is 0 Å². The third-order valence-electron chi connectivity index (χ3n) is 6.75. The summed E-state index contributed by atoms with van der Waals surface area (Å²) in [7, 11) is 0. The Kier molecular flexibility index (Phi) is 12.4. The van der Waals surface area contributed by atoms with E-state index in [0.717, 1.165) is 17.8 Å². The topological polar surface area (TPSA) is 9.23 Å². The van der Waals surface area contributed by atoms with E-state index in [9.17, 15) is 0 Å². The number of hydrogen-bond acceptors (Lipinski definition) is 1. The quantitative estimate of drug-likeness (QED) is 0.255. The van der Waals surface area contributed by atoms with Gasteiger partial charge in [0.05, 0.1) is 0 Å². The predicted molar refractivity (Wildman–Crippen MR) is 116 cm³/mol. The molecule has 3 atom stereocenters. The van der Waals surface area contributed by atoms with Crippen molar-refractivity contribution in [3.8, 4) is 0 Å². The van der Waals surface area contributed by atoms with Gasteiger partial charge < -0.3 is 0 Å². The summed E-state index contributed by atoms with van der Waals surface area (Å²) in [6.07, 6.45) is 13.2. The maximum absolute atomic E-state index is 6.88. The molecule has 0 aromatic rings. The van der Waals surface area contributed by atoms with Crippen LogP contribution >= 0.6 is 0 Å². The average Bonchev–Trinajstić information content (AvgIpc) is 2.60. The standard InChI is InChI=1S/C11H21O.3C4H9.Sn/c1-8(2)10-6-5-9(3)7-11(10)12-4;3*1-3-4-2;/h8-11H,4-7H2,1-3H3;3*1,3-4H2,2H3;/t9-,10+,11-;;;;/m1..../s1. The van der Waals surface area contributed by atoms with E-state index in [1.165, 1.54) is 62.4 Å². The van der Waals surface area contributed by atoms with Crippen molar-refractivity contribution >= 4 is 18.4 Å². The zero-order valence-electron chi connectivity index (χ0n) is 18.4. The van der Waals surface area contributed by atoms with Gasteiger partial charge in [-0.1, -0.05) is 0 Å². The Labute approximate surface area is 163 Å². The minimum absolute atomic E-state index is 0.560. The van der Waals surface area contributed by atoms with E-state index < -0.39 is 18.4 Å². The van der Waals surface area contributed by atoms with E-state index in [-0.39, 0.29) is 0 Å². The summed E-state index contributed by atoms with van der Waals surface area (Å²) in [6, 6.07) is 0. The SMILES string of the molecule is CCC[CH2][Sn]([CH2]CCC)([CH2]CCC)[CH2]O[C@@H]1C[C@H](C)CC[C@H]1C(C)C. The van der Waals surface area contributed by atoms with Crippen LogP contribution < -0.4 is 0 Å². The molecule has 25 heavy (non-hydrogen) atoms. The van der Waals surface area contributed by atoms with Crippen LogP contribution in [0.15, 0.2) is 0 Å². The van der Waals surface area contributed by atoms with E-state index in [1.54, 1.807) is 13.3 Å². The Hall–Kier alpha value is 0.759. The van der Waals surface area contributed by atoms with Crippen LogP contribution in [-0.4, -0.2) is 29.1 Å². The molecule has 1 saturated carbocycles. The maximum atomic E-state index is 6.88. The van der Waals surface area contributed by atoms with Gasteiger partial charge in [-0.15, -0.1) is 0 Å². The van der Waals surface area contributed by atoms with Crippen LogP contribution in [-0.2, 0) is 4.74 Å². The fourth-order valence-corrected chi connectivity index (χ4v) is 19.3. The normalized spacial score (nSPS) is 24.8. The molecule has 0 N–H and O–H groups in total. The van der Waals surface area contributed by atoms with Crippen LogP contribution in [0.4, 0.5) is 0 Å². The zero-order valence-corrected chi connectivity index (χ0v) is 21.3. The predicted octanol–water partition coefficient (Wildman–Crippen LogP) is 7.85. The molecule has 0 aromatic carbocycles. The number of rotatable bonds is 13. The van der Waals surface area contributed by atoms with Crippen LogP contribution in [0.3, 0.4) is 0 Å². The summed E-state index contributed by atoms with van der Waals surface area (Å²) in [5.41, 5.74) is 0. The molecular weight excluding hydrogens is 411 g/mol. The number of ether oxygens (including phenoxy) is 1. The van der Waals surface area contributed by atoms with Crippen molar-refractivity contribution in [1.82, 2.24) is 0 Å². The van der Waals surface area contributed by atoms with Crippen molar-refractivity contribution in [2.75, 3.05) is 4.62 Å². The molecule has 0 spiro atoms. The first kappa shape index (κ1) is 23.8. The summed E-state index contributed by atoms with van der Waals surface area (Å²) >= 11 is -2.12. The molecule has 2 heteroatoms.